The Kier molecular flexibility index (Phi) is 4.54. The second-order valence-electron chi connectivity index (χ2n) is 5.32. The number of rotatable bonds is 6. The number of aromatic nitrogens is 2. The lowest BCUT2D eigenvalue weighted by atomic mass is 10.0. The molecule has 1 heterocycles. The number of hydrogen-bond acceptors (Lipinski definition) is 5. The minimum atomic E-state index is -0.338. The van der Waals surface area contributed by atoms with E-state index in [0.29, 0.717) is 31.2 Å². The summed E-state index contributed by atoms with van der Waals surface area (Å²) in [6.45, 7) is 4.67. The molecule has 2 rings (SSSR count). The lowest BCUT2D eigenvalue weighted by Gasteiger charge is -2.24. The van der Waals surface area contributed by atoms with E-state index in [2.05, 4.69) is 16.2 Å². The molecular weight excluding hydrogens is 242 g/mol. The fourth-order valence-corrected chi connectivity index (χ4v) is 2.70. The Morgan fingerprint density at radius 2 is 2.21 bits per heavy atom. The second-order valence-corrected chi connectivity index (χ2v) is 5.32. The first-order chi connectivity index (χ1) is 9.20. The highest BCUT2D eigenvalue weighted by Gasteiger charge is 2.40. The molecule has 1 saturated carbocycles. The van der Waals surface area contributed by atoms with Gasteiger partial charge >= 0.3 is 0 Å². The topological polar surface area (TPSA) is 71.9 Å². The van der Waals surface area contributed by atoms with Crippen molar-refractivity contribution in [1.82, 2.24) is 10.1 Å². The standard InChI is InChI=1S/C14H21N3O2/c1-3-18-14(7-4-5-8-14)13-16-12(19-17-13)10-11(2)6-9-15/h11H,3-8,10H2,1-2H3. The van der Waals surface area contributed by atoms with Crippen molar-refractivity contribution < 1.29 is 9.26 Å². The quantitative estimate of drug-likeness (QED) is 0.789. The van der Waals surface area contributed by atoms with Gasteiger partial charge in [0.2, 0.25) is 11.7 Å². The van der Waals surface area contributed by atoms with Crippen LogP contribution in [0.3, 0.4) is 0 Å². The van der Waals surface area contributed by atoms with Gasteiger partial charge in [-0.15, -0.1) is 0 Å². The molecular formula is C14H21N3O2. The van der Waals surface area contributed by atoms with Crippen molar-refractivity contribution in [3.05, 3.63) is 11.7 Å². The van der Waals surface area contributed by atoms with E-state index in [1.807, 2.05) is 13.8 Å². The summed E-state index contributed by atoms with van der Waals surface area (Å²) in [5, 5.41) is 12.8. The van der Waals surface area contributed by atoms with Gasteiger partial charge in [-0.25, -0.2) is 0 Å². The van der Waals surface area contributed by atoms with E-state index in [1.165, 1.54) is 0 Å². The molecule has 1 atom stereocenters. The normalized spacial score (nSPS) is 19.2. The monoisotopic (exact) mass is 263 g/mol. The van der Waals surface area contributed by atoms with Crippen LogP contribution in [0.5, 0.6) is 0 Å². The third-order valence-electron chi connectivity index (χ3n) is 3.67. The van der Waals surface area contributed by atoms with Gasteiger partial charge < -0.3 is 9.26 Å². The molecule has 1 aliphatic carbocycles. The van der Waals surface area contributed by atoms with Gasteiger partial charge in [-0.2, -0.15) is 10.2 Å². The van der Waals surface area contributed by atoms with Crippen LogP contribution in [-0.2, 0) is 16.8 Å². The van der Waals surface area contributed by atoms with Gasteiger partial charge in [0.05, 0.1) is 6.07 Å². The smallest absolute Gasteiger partial charge is 0.227 e. The zero-order valence-corrected chi connectivity index (χ0v) is 11.7. The molecule has 1 aromatic rings. The number of ether oxygens (including phenoxy) is 1. The van der Waals surface area contributed by atoms with Crippen molar-refractivity contribution in [3.63, 3.8) is 0 Å². The maximum atomic E-state index is 8.67. The summed E-state index contributed by atoms with van der Waals surface area (Å²) < 4.78 is 11.2. The summed E-state index contributed by atoms with van der Waals surface area (Å²) in [5.74, 6) is 1.54. The van der Waals surface area contributed by atoms with E-state index in [-0.39, 0.29) is 11.5 Å². The second kappa shape index (κ2) is 6.16. The summed E-state index contributed by atoms with van der Waals surface area (Å²) in [7, 11) is 0. The van der Waals surface area contributed by atoms with Gasteiger partial charge in [-0.1, -0.05) is 12.1 Å². The van der Waals surface area contributed by atoms with Crippen LogP contribution in [0.15, 0.2) is 4.52 Å². The van der Waals surface area contributed by atoms with Crippen LogP contribution < -0.4 is 0 Å². The lowest BCUT2D eigenvalue weighted by molar-refractivity contribution is -0.0469. The van der Waals surface area contributed by atoms with Crippen molar-refractivity contribution in [2.75, 3.05) is 6.61 Å². The molecule has 1 unspecified atom stereocenters. The van der Waals surface area contributed by atoms with Crippen LogP contribution in [0.4, 0.5) is 0 Å². The molecule has 1 fully saturated rings. The lowest BCUT2D eigenvalue weighted by Crippen LogP contribution is -2.27. The maximum Gasteiger partial charge on any atom is 0.227 e. The molecule has 0 amide bonds. The third kappa shape index (κ3) is 3.13. The summed E-state index contributed by atoms with van der Waals surface area (Å²) in [4.78, 5) is 4.49. The number of hydrogen-bond donors (Lipinski definition) is 0. The van der Waals surface area contributed by atoms with Crippen LogP contribution in [-0.4, -0.2) is 16.7 Å². The molecule has 0 bridgehead atoms. The predicted molar refractivity (Wildman–Crippen MR) is 69.2 cm³/mol. The molecule has 0 aromatic carbocycles. The van der Waals surface area contributed by atoms with E-state index in [9.17, 15) is 0 Å². The Balaban J connectivity index is 2.09. The first kappa shape index (κ1) is 14.0. The Bertz CT molecular complexity index is 444. The van der Waals surface area contributed by atoms with Crippen molar-refractivity contribution in [1.29, 1.82) is 5.26 Å². The number of nitriles is 1. The van der Waals surface area contributed by atoms with Crippen LogP contribution in [0.2, 0.25) is 0 Å². The summed E-state index contributed by atoms with van der Waals surface area (Å²) in [6.07, 6.45) is 5.39. The van der Waals surface area contributed by atoms with E-state index in [0.717, 1.165) is 25.7 Å². The average Bonchev–Trinajstić information content (AvgIpc) is 3.00. The molecule has 19 heavy (non-hydrogen) atoms. The van der Waals surface area contributed by atoms with Gasteiger partial charge in [0.25, 0.3) is 0 Å². The van der Waals surface area contributed by atoms with E-state index in [1.54, 1.807) is 0 Å². The molecule has 1 aliphatic rings. The van der Waals surface area contributed by atoms with Crippen molar-refractivity contribution >= 4 is 0 Å². The molecule has 5 heteroatoms. The van der Waals surface area contributed by atoms with E-state index >= 15 is 0 Å². The molecule has 0 N–H and O–H groups in total. The van der Waals surface area contributed by atoms with Crippen LogP contribution in [0.1, 0.15) is 57.7 Å². The number of nitrogens with zero attached hydrogens (tertiary/aromatic N) is 3. The Hall–Kier alpha value is -1.41. The van der Waals surface area contributed by atoms with Crippen molar-refractivity contribution in [2.45, 2.75) is 58.0 Å². The van der Waals surface area contributed by atoms with Crippen LogP contribution in [0, 0.1) is 17.2 Å². The van der Waals surface area contributed by atoms with Crippen LogP contribution in [0.25, 0.3) is 0 Å². The van der Waals surface area contributed by atoms with Gasteiger partial charge in [0.15, 0.2) is 0 Å². The first-order valence-corrected chi connectivity index (χ1v) is 7.04. The molecule has 0 radical (unpaired) electrons. The molecule has 0 spiro atoms. The average molecular weight is 263 g/mol. The van der Waals surface area contributed by atoms with E-state index in [4.69, 9.17) is 14.5 Å². The third-order valence-corrected chi connectivity index (χ3v) is 3.67. The molecule has 0 saturated heterocycles. The summed E-state index contributed by atoms with van der Waals surface area (Å²) >= 11 is 0. The van der Waals surface area contributed by atoms with E-state index < -0.39 is 0 Å². The predicted octanol–water partition coefficient (Wildman–Crippen LogP) is 2.97. The highest BCUT2D eigenvalue weighted by Crippen LogP contribution is 2.40. The van der Waals surface area contributed by atoms with Crippen LogP contribution >= 0.6 is 0 Å². The van der Waals surface area contributed by atoms with Gasteiger partial charge in [-0.3, -0.25) is 0 Å². The molecule has 104 valence electrons. The zero-order chi connectivity index (χ0) is 13.7. The Labute approximate surface area is 113 Å². The highest BCUT2D eigenvalue weighted by molar-refractivity contribution is 5.05. The minimum Gasteiger partial charge on any atom is -0.367 e. The molecule has 0 aliphatic heterocycles. The first-order valence-electron chi connectivity index (χ1n) is 7.04. The fraction of sp³-hybridized carbons (Fsp3) is 0.786. The summed E-state index contributed by atoms with van der Waals surface area (Å²) in [5.41, 5.74) is -0.338. The molecule has 5 nitrogen and oxygen atoms in total. The van der Waals surface area contributed by atoms with Crippen molar-refractivity contribution in [3.8, 4) is 6.07 Å². The van der Waals surface area contributed by atoms with Gasteiger partial charge in [0.1, 0.15) is 5.60 Å². The minimum absolute atomic E-state index is 0.241. The fourth-order valence-electron chi connectivity index (χ4n) is 2.70. The Morgan fingerprint density at radius 3 is 2.84 bits per heavy atom. The van der Waals surface area contributed by atoms with Gasteiger partial charge in [0, 0.05) is 19.4 Å². The SMILES string of the molecule is CCOC1(c2noc(CC(C)CC#N)n2)CCCC1. The largest absolute Gasteiger partial charge is 0.367 e. The van der Waals surface area contributed by atoms with Gasteiger partial charge in [-0.05, 0) is 38.5 Å². The molecule has 1 aromatic heterocycles. The highest BCUT2D eigenvalue weighted by atomic mass is 16.5. The zero-order valence-electron chi connectivity index (χ0n) is 11.7. The van der Waals surface area contributed by atoms with Crippen molar-refractivity contribution in [2.24, 2.45) is 5.92 Å². The summed E-state index contributed by atoms with van der Waals surface area (Å²) in [6, 6.07) is 2.16. The Morgan fingerprint density at radius 1 is 1.47 bits per heavy atom. The maximum absolute atomic E-state index is 8.67.